The van der Waals surface area contributed by atoms with Crippen molar-refractivity contribution in [3.05, 3.63) is 34.9 Å². The Labute approximate surface area is 135 Å². The van der Waals surface area contributed by atoms with E-state index in [1.54, 1.807) is 0 Å². The van der Waals surface area contributed by atoms with Crippen molar-refractivity contribution in [1.29, 1.82) is 0 Å². The van der Waals surface area contributed by atoms with Crippen LogP contribution in [0, 0.1) is 11.3 Å². The highest BCUT2D eigenvalue weighted by molar-refractivity contribution is 6.30. The molecule has 1 aliphatic carbocycles. The number of nitrogens with one attached hydrogen (secondary N) is 1. The van der Waals surface area contributed by atoms with Crippen LogP contribution in [0.1, 0.15) is 58.4 Å². The second kappa shape index (κ2) is 7.65. The minimum Gasteiger partial charge on any atom is -0.313 e. The van der Waals surface area contributed by atoms with Gasteiger partial charge in [0.2, 0.25) is 0 Å². The second-order valence-corrected chi connectivity index (χ2v) is 7.85. The Morgan fingerprint density at radius 3 is 2.29 bits per heavy atom. The van der Waals surface area contributed by atoms with Gasteiger partial charge in [0, 0.05) is 17.6 Å². The zero-order valence-electron chi connectivity index (χ0n) is 13.8. The number of hydrogen-bond donors (Lipinski definition) is 1. The highest BCUT2D eigenvalue weighted by atomic mass is 35.5. The highest BCUT2D eigenvalue weighted by Gasteiger charge is 2.34. The molecule has 21 heavy (non-hydrogen) atoms. The van der Waals surface area contributed by atoms with E-state index in [4.69, 9.17) is 11.6 Å². The SMILES string of the molecule is CC(C)CC1(CNC(C)Cc2ccc(Cl)cc2)CCCC1. The molecule has 1 fully saturated rings. The first-order valence-electron chi connectivity index (χ1n) is 8.47. The number of benzene rings is 1. The average Bonchev–Trinajstić information content (AvgIpc) is 2.87. The van der Waals surface area contributed by atoms with Crippen molar-refractivity contribution in [2.24, 2.45) is 11.3 Å². The van der Waals surface area contributed by atoms with E-state index < -0.39 is 0 Å². The lowest BCUT2D eigenvalue weighted by molar-refractivity contribution is 0.216. The summed E-state index contributed by atoms with van der Waals surface area (Å²) in [4.78, 5) is 0. The second-order valence-electron chi connectivity index (χ2n) is 7.42. The van der Waals surface area contributed by atoms with Crippen LogP contribution in [-0.4, -0.2) is 12.6 Å². The molecule has 1 nitrogen and oxygen atoms in total. The van der Waals surface area contributed by atoms with Crippen molar-refractivity contribution in [3.63, 3.8) is 0 Å². The normalized spacial score (nSPS) is 19.1. The highest BCUT2D eigenvalue weighted by Crippen LogP contribution is 2.42. The minimum absolute atomic E-state index is 0.524. The largest absolute Gasteiger partial charge is 0.313 e. The van der Waals surface area contributed by atoms with E-state index in [1.807, 2.05) is 12.1 Å². The molecule has 1 aromatic rings. The first-order chi connectivity index (χ1) is 9.99. The Hall–Kier alpha value is -0.530. The van der Waals surface area contributed by atoms with Gasteiger partial charge < -0.3 is 5.32 Å². The van der Waals surface area contributed by atoms with E-state index in [0.29, 0.717) is 11.5 Å². The molecule has 0 aliphatic heterocycles. The topological polar surface area (TPSA) is 12.0 Å². The summed E-state index contributed by atoms with van der Waals surface area (Å²) in [6.07, 6.45) is 8.10. The van der Waals surface area contributed by atoms with Gasteiger partial charge in [-0.1, -0.05) is 50.4 Å². The summed E-state index contributed by atoms with van der Waals surface area (Å²) < 4.78 is 0. The Kier molecular flexibility index (Phi) is 6.13. The molecule has 1 unspecified atom stereocenters. The third-order valence-corrected chi connectivity index (χ3v) is 5.04. The molecule has 0 heterocycles. The molecule has 2 rings (SSSR count). The van der Waals surface area contributed by atoms with Gasteiger partial charge in [-0.3, -0.25) is 0 Å². The monoisotopic (exact) mass is 307 g/mol. The van der Waals surface area contributed by atoms with Crippen molar-refractivity contribution in [2.75, 3.05) is 6.54 Å². The molecule has 118 valence electrons. The van der Waals surface area contributed by atoms with Crippen molar-refractivity contribution >= 4 is 11.6 Å². The lowest BCUT2D eigenvalue weighted by atomic mass is 9.78. The molecular formula is C19H30ClN. The van der Waals surface area contributed by atoms with E-state index in [0.717, 1.165) is 17.4 Å². The Morgan fingerprint density at radius 2 is 1.71 bits per heavy atom. The van der Waals surface area contributed by atoms with Gasteiger partial charge in [0.15, 0.2) is 0 Å². The van der Waals surface area contributed by atoms with Crippen molar-refractivity contribution in [2.45, 2.75) is 65.3 Å². The first kappa shape index (κ1) is 16.8. The van der Waals surface area contributed by atoms with E-state index in [-0.39, 0.29) is 0 Å². The van der Waals surface area contributed by atoms with Crippen molar-refractivity contribution < 1.29 is 0 Å². The fourth-order valence-corrected chi connectivity index (χ4v) is 4.01. The van der Waals surface area contributed by atoms with Gasteiger partial charge in [0.05, 0.1) is 0 Å². The zero-order valence-corrected chi connectivity index (χ0v) is 14.5. The molecule has 1 aromatic carbocycles. The Bertz CT molecular complexity index is 418. The summed E-state index contributed by atoms with van der Waals surface area (Å²) in [5.41, 5.74) is 1.92. The van der Waals surface area contributed by atoms with Crippen molar-refractivity contribution in [3.8, 4) is 0 Å². The summed E-state index contributed by atoms with van der Waals surface area (Å²) >= 11 is 5.95. The molecule has 1 N–H and O–H groups in total. The molecule has 1 saturated carbocycles. The maximum Gasteiger partial charge on any atom is 0.0406 e. The Morgan fingerprint density at radius 1 is 1.10 bits per heavy atom. The maximum absolute atomic E-state index is 5.95. The minimum atomic E-state index is 0.524. The van der Waals surface area contributed by atoms with Crippen LogP contribution in [-0.2, 0) is 6.42 Å². The van der Waals surface area contributed by atoms with Crippen LogP contribution < -0.4 is 5.32 Å². The summed E-state index contributed by atoms with van der Waals surface area (Å²) in [6.45, 7) is 8.20. The van der Waals surface area contributed by atoms with Crippen LogP contribution in [0.15, 0.2) is 24.3 Å². The summed E-state index contributed by atoms with van der Waals surface area (Å²) in [6, 6.07) is 8.78. The average molecular weight is 308 g/mol. The fourth-order valence-electron chi connectivity index (χ4n) is 3.88. The molecule has 0 bridgehead atoms. The molecule has 0 amide bonds. The molecule has 0 spiro atoms. The smallest absolute Gasteiger partial charge is 0.0406 e. The number of rotatable bonds is 7. The maximum atomic E-state index is 5.95. The summed E-state index contributed by atoms with van der Waals surface area (Å²) in [5.74, 6) is 0.802. The summed E-state index contributed by atoms with van der Waals surface area (Å²) in [7, 11) is 0. The van der Waals surface area contributed by atoms with Gasteiger partial charge in [-0.05, 0) is 61.6 Å². The first-order valence-corrected chi connectivity index (χ1v) is 8.85. The molecule has 0 radical (unpaired) electrons. The van der Waals surface area contributed by atoms with E-state index in [9.17, 15) is 0 Å². The lowest BCUT2D eigenvalue weighted by Gasteiger charge is -2.32. The lowest BCUT2D eigenvalue weighted by Crippen LogP contribution is -2.39. The van der Waals surface area contributed by atoms with Crippen molar-refractivity contribution in [1.82, 2.24) is 5.32 Å². The van der Waals surface area contributed by atoms with E-state index in [2.05, 4.69) is 38.2 Å². The quantitative estimate of drug-likeness (QED) is 0.704. The van der Waals surface area contributed by atoms with Gasteiger partial charge >= 0.3 is 0 Å². The van der Waals surface area contributed by atoms with Crippen LogP contribution in [0.25, 0.3) is 0 Å². The fraction of sp³-hybridized carbons (Fsp3) is 0.684. The summed E-state index contributed by atoms with van der Waals surface area (Å²) in [5, 5.41) is 4.62. The van der Waals surface area contributed by atoms with Gasteiger partial charge in [0.25, 0.3) is 0 Å². The van der Waals surface area contributed by atoms with Gasteiger partial charge in [-0.25, -0.2) is 0 Å². The number of halogens is 1. The van der Waals surface area contributed by atoms with Crippen LogP contribution >= 0.6 is 11.6 Å². The van der Waals surface area contributed by atoms with Crippen LogP contribution in [0.5, 0.6) is 0 Å². The Balaban J connectivity index is 1.84. The van der Waals surface area contributed by atoms with Crippen LogP contribution in [0.3, 0.4) is 0 Å². The molecule has 0 saturated heterocycles. The molecule has 2 heteroatoms. The zero-order chi connectivity index (χ0) is 15.3. The molecule has 0 aromatic heterocycles. The predicted molar refractivity (Wildman–Crippen MR) is 93.0 cm³/mol. The van der Waals surface area contributed by atoms with Gasteiger partial charge in [0.1, 0.15) is 0 Å². The van der Waals surface area contributed by atoms with Crippen LogP contribution in [0.2, 0.25) is 5.02 Å². The standard InChI is InChI=1S/C19H30ClN/c1-15(2)13-19(10-4-5-11-19)14-21-16(3)12-17-6-8-18(20)9-7-17/h6-9,15-16,21H,4-5,10-14H2,1-3H3. The van der Waals surface area contributed by atoms with E-state index in [1.165, 1.54) is 44.2 Å². The van der Waals surface area contributed by atoms with E-state index >= 15 is 0 Å². The third-order valence-electron chi connectivity index (χ3n) is 4.79. The van der Waals surface area contributed by atoms with Gasteiger partial charge in [-0.15, -0.1) is 0 Å². The predicted octanol–water partition coefficient (Wildman–Crippen LogP) is 5.47. The van der Waals surface area contributed by atoms with Gasteiger partial charge in [-0.2, -0.15) is 0 Å². The molecular weight excluding hydrogens is 278 g/mol. The van der Waals surface area contributed by atoms with Crippen LogP contribution in [0.4, 0.5) is 0 Å². The molecule has 1 aliphatic rings. The molecule has 1 atom stereocenters. The number of hydrogen-bond acceptors (Lipinski definition) is 1. The third kappa shape index (κ3) is 5.30.